The normalized spacial score (nSPS) is 18.5. The highest BCUT2D eigenvalue weighted by molar-refractivity contribution is 5.24. The Morgan fingerprint density at radius 1 is 1.18 bits per heavy atom. The van der Waals surface area contributed by atoms with Crippen LogP contribution in [-0.2, 0) is 0 Å². The summed E-state index contributed by atoms with van der Waals surface area (Å²) >= 11 is 0. The van der Waals surface area contributed by atoms with Gasteiger partial charge in [0.25, 0.3) is 0 Å². The lowest BCUT2D eigenvalue weighted by atomic mass is 10.0. The van der Waals surface area contributed by atoms with Crippen LogP contribution in [0.5, 0.6) is 0 Å². The minimum atomic E-state index is -0.0573. The molecular weight excluding hydrogens is 210 g/mol. The lowest BCUT2D eigenvalue weighted by Gasteiger charge is -2.28. The summed E-state index contributed by atoms with van der Waals surface area (Å²) in [6, 6.07) is 12.4. The van der Waals surface area contributed by atoms with Gasteiger partial charge in [-0.15, -0.1) is 0 Å². The van der Waals surface area contributed by atoms with Crippen molar-refractivity contribution in [2.75, 3.05) is 19.6 Å². The van der Waals surface area contributed by atoms with Crippen LogP contribution in [-0.4, -0.2) is 24.6 Å². The third-order valence-electron chi connectivity index (χ3n) is 3.23. The van der Waals surface area contributed by atoms with Crippen LogP contribution in [0.25, 0.3) is 0 Å². The number of benzene rings is 1. The molecule has 1 unspecified atom stereocenters. The number of rotatable bonds is 4. The van der Waals surface area contributed by atoms with Crippen molar-refractivity contribution in [1.82, 2.24) is 10.4 Å². The first-order valence-electron chi connectivity index (χ1n) is 6.33. The van der Waals surface area contributed by atoms with E-state index in [1.54, 1.807) is 0 Å². The predicted molar refractivity (Wildman–Crippen MR) is 68.2 cm³/mol. The summed E-state index contributed by atoms with van der Waals surface area (Å²) in [6.07, 6.45) is 3.85. The summed E-state index contributed by atoms with van der Waals surface area (Å²) in [6.45, 7) is 2.92. The molecule has 1 aromatic carbocycles. The molecule has 17 heavy (non-hydrogen) atoms. The van der Waals surface area contributed by atoms with Crippen LogP contribution < -0.4 is 5.43 Å². The molecule has 0 spiro atoms. The van der Waals surface area contributed by atoms with E-state index in [9.17, 15) is 5.26 Å². The number of nitrogens with zero attached hydrogens (tertiary/aromatic N) is 2. The molecule has 0 radical (unpaired) electrons. The van der Waals surface area contributed by atoms with E-state index in [1.165, 1.54) is 19.3 Å². The zero-order chi connectivity index (χ0) is 11.9. The van der Waals surface area contributed by atoms with Gasteiger partial charge in [-0.3, -0.25) is 5.43 Å². The molecule has 0 saturated carbocycles. The maximum atomic E-state index is 9.20. The lowest BCUT2D eigenvalue weighted by molar-refractivity contribution is 0.153. The topological polar surface area (TPSA) is 39.1 Å². The SMILES string of the molecule is N#CC(CNN1CCCCC1)c1ccccc1. The van der Waals surface area contributed by atoms with Crippen LogP contribution in [0.2, 0.25) is 0 Å². The van der Waals surface area contributed by atoms with E-state index < -0.39 is 0 Å². The van der Waals surface area contributed by atoms with Crippen molar-refractivity contribution in [3.8, 4) is 6.07 Å². The summed E-state index contributed by atoms with van der Waals surface area (Å²) < 4.78 is 0. The van der Waals surface area contributed by atoms with E-state index in [4.69, 9.17) is 0 Å². The molecule has 1 atom stereocenters. The highest BCUT2D eigenvalue weighted by atomic mass is 15.5. The third kappa shape index (κ3) is 3.55. The van der Waals surface area contributed by atoms with Crippen molar-refractivity contribution >= 4 is 0 Å². The van der Waals surface area contributed by atoms with Gasteiger partial charge >= 0.3 is 0 Å². The fourth-order valence-electron chi connectivity index (χ4n) is 2.20. The Kier molecular flexibility index (Phi) is 4.54. The summed E-state index contributed by atoms with van der Waals surface area (Å²) in [5.41, 5.74) is 4.48. The van der Waals surface area contributed by atoms with Crippen molar-refractivity contribution in [1.29, 1.82) is 5.26 Å². The summed E-state index contributed by atoms with van der Waals surface area (Å²) in [7, 11) is 0. The van der Waals surface area contributed by atoms with Gasteiger partial charge in [0.2, 0.25) is 0 Å². The van der Waals surface area contributed by atoms with Gasteiger partial charge in [0, 0.05) is 19.6 Å². The van der Waals surface area contributed by atoms with Crippen LogP contribution in [0, 0.1) is 11.3 Å². The molecule has 1 N–H and O–H groups in total. The van der Waals surface area contributed by atoms with E-state index >= 15 is 0 Å². The van der Waals surface area contributed by atoms with E-state index in [0.29, 0.717) is 6.54 Å². The predicted octanol–water partition coefficient (Wildman–Crippen LogP) is 2.28. The average Bonchev–Trinajstić information content (AvgIpc) is 2.42. The summed E-state index contributed by atoms with van der Waals surface area (Å²) in [5.74, 6) is -0.0573. The number of nitrogens with one attached hydrogen (secondary N) is 1. The zero-order valence-electron chi connectivity index (χ0n) is 10.1. The maximum Gasteiger partial charge on any atom is 0.0851 e. The second-order valence-electron chi connectivity index (χ2n) is 4.50. The van der Waals surface area contributed by atoms with Crippen LogP contribution in [0.15, 0.2) is 30.3 Å². The van der Waals surface area contributed by atoms with Gasteiger partial charge in [-0.1, -0.05) is 36.8 Å². The molecule has 1 heterocycles. The summed E-state index contributed by atoms with van der Waals surface area (Å²) in [5, 5.41) is 11.4. The van der Waals surface area contributed by atoms with Crippen molar-refractivity contribution in [3.63, 3.8) is 0 Å². The molecule has 0 aromatic heterocycles. The van der Waals surface area contributed by atoms with E-state index in [0.717, 1.165) is 18.7 Å². The van der Waals surface area contributed by atoms with E-state index in [2.05, 4.69) is 16.5 Å². The largest absolute Gasteiger partial charge is 0.254 e. The first kappa shape index (κ1) is 12.1. The fourth-order valence-corrected chi connectivity index (χ4v) is 2.20. The number of hydrogen-bond acceptors (Lipinski definition) is 3. The monoisotopic (exact) mass is 229 g/mol. The van der Waals surface area contributed by atoms with Gasteiger partial charge in [0.1, 0.15) is 0 Å². The van der Waals surface area contributed by atoms with Gasteiger partial charge in [0.05, 0.1) is 12.0 Å². The molecule has 90 valence electrons. The average molecular weight is 229 g/mol. The molecular formula is C14H19N3. The molecule has 2 rings (SSSR count). The molecule has 1 aliphatic rings. The standard InChI is InChI=1S/C14H19N3/c15-11-14(13-7-3-1-4-8-13)12-16-17-9-5-2-6-10-17/h1,3-4,7-8,14,16H,2,5-6,9-10,12H2. The Bertz CT molecular complexity index is 363. The van der Waals surface area contributed by atoms with Gasteiger partial charge in [-0.2, -0.15) is 5.26 Å². The smallest absolute Gasteiger partial charge is 0.0851 e. The Morgan fingerprint density at radius 2 is 1.88 bits per heavy atom. The number of piperidine rings is 1. The maximum absolute atomic E-state index is 9.20. The molecule has 3 nitrogen and oxygen atoms in total. The molecule has 1 aliphatic heterocycles. The molecule has 1 aromatic rings. The highest BCUT2D eigenvalue weighted by Gasteiger charge is 2.13. The van der Waals surface area contributed by atoms with Gasteiger partial charge in [-0.05, 0) is 18.4 Å². The Labute approximate surface area is 103 Å². The Hall–Kier alpha value is -1.37. The minimum Gasteiger partial charge on any atom is -0.254 e. The van der Waals surface area contributed by atoms with Crippen LogP contribution in [0.4, 0.5) is 0 Å². The van der Waals surface area contributed by atoms with Gasteiger partial charge < -0.3 is 0 Å². The van der Waals surface area contributed by atoms with E-state index in [-0.39, 0.29) is 5.92 Å². The molecule has 1 saturated heterocycles. The number of hydrazine groups is 1. The summed E-state index contributed by atoms with van der Waals surface area (Å²) in [4.78, 5) is 0. The van der Waals surface area contributed by atoms with Crippen LogP contribution >= 0.6 is 0 Å². The first-order chi connectivity index (χ1) is 8.40. The quantitative estimate of drug-likeness (QED) is 0.861. The van der Waals surface area contributed by atoms with E-state index in [1.807, 2.05) is 30.3 Å². The molecule has 3 heteroatoms. The zero-order valence-corrected chi connectivity index (χ0v) is 10.1. The molecule has 0 aliphatic carbocycles. The minimum absolute atomic E-state index is 0.0573. The first-order valence-corrected chi connectivity index (χ1v) is 6.33. The molecule has 0 amide bonds. The fraction of sp³-hybridized carbons (Fsp3) is 0.500. The number of hydrogen-bond donors (Lipinski definition) is 1. The molecule has 0 bridgehead atoms. The second-order valence-corrected chi connectivity index (χ2v) is 4.50. The van der Waals surface area contributed by atoms with Crippen molar-refractivity contribution in [2.24, 2.45) is 0 Å². The van der Waals surface area contributed by atoms with Gasteiger partial charge in [-0.25, -0.2) is 5.01 Å². The van der Waals surface area contributed by atoms with Crippen molar-refractivity contribution in [3.05, 3.63) is 35.9 Å². The van der Waals surface area contributed by atoms with Crippen molar-refractivity contribution < 1.29 is 0 Å². The lowest BCUT2D eigenvalue weighted by Crippen LogP contribution is -2.43. The number of nitriles is 1. The second kappa shape index (κ2) is 6.39. The molecule has 1 fully saturated rings. The highest BCUT2D eigenvalue weighted by Crippen LogP contribution is 2.14. The Morgan fingerprint density at radius 3 is 2.53 bits per heavy atom. The van der Waals surface area contributed by atoms with Crippen molar-refractivity contribution in [2.45, 2.75) is 25.2 Å². The van der Waals surface area contributed by atoms with Crippen LogP contribution in [0.3, 0.4) is 0 Å². The van der Waals surface area contributed by atoms with Crippen LogP contribution in [0.1, 0.15) is 30.7 Å². The third-order valence-corrected chi connectivity index (χ3v) is 3.23. The Balaban J connectivity index is 1.86. The van der Waals surface area contributed by atoms with Gasteiger partial charge in [0.15, 0.2) is 0 Å².